The van der Waals surface area contributed by atoms with Crippen LogP contribution in [0.1, 0.15) is 43.3 Å². The predicted molar refractivity (Wildman–Crippen MR) is 90.4 cm³/mol. The van der Waals surface area contributed by atoms with Crippen LogP contribution in [-0.2, 0) is 22.4 Å². The Kier molecular flexibility index (Phi) is 6.80. The summed E-state index contributed by atoms with van der Waals surface area (Å²) in [6.07, 6.45) is 2.77. The van der Waals surface area contributed by atoms with Crippen LogP contribution in [0.3, 0.4) is 0 Å². The van der Waals surface area contributed by atoms with Crippen molar-refractivity contribution in [3.05, 3.63) is 40.2 Å². The zero-order valence-corrected chi connectivity index (χ0v) is 14.7. The number of ether oxygens (including phenoxy) is 1. The molecule has 0 spiro atoms. The first kappa shape index (κ1) is 17.7. The number of rotatable bonds is 9. The molecule has 6 heteroatoms. The van der Waals surface area contributed by atoms with E-state index in [9.17, 15) is 4.79 Å². The Hall–Kier alpha value is -1.66. The smallest absolute Gasteiger partial charge is 0.226 e. The molecule has 1 amide bonds. The van der Waals surface area contributed by atoms with Gasteiger partial charge in [-0.3, -0.25) is 4.79 Å². The second-order valence-corrected chi connectivity index (χ2v) is 6.77. The quantitative estimate of drug-likeness (QED) is 0.762. The molecule has 0 saturated heterocycles. The standard InChI is InChI=1S/C17H24N2O3S/c1-4-17-18-13(11-23-17)8-16(20)19-14(10-21-9-12(2)3)15-6-5-7-22-15/h5-7,11-12,14H,4,8-10H2,1-3H3,(H,19,20). The van der Waals surface area contributed by atoms with E-state index >= 15 is 0 Å². The number of carbonyl (C=O) groups excluding carboxylic acids is 1. The molecule has 0 aliphatic carbocycles. The van der Waals surface area contributed by atoms with Gasteiger partial charge in [-0.05, 0) is 24.5 Å². The Morgan fingerprint density at radius 1 is 1.43 bits per heavy atom. The van der Waals surface area contributed by atoms with Gasteiger partial charge < -0.3 is 14.5 Å². The number of hydrogen-bond donors (Lipinski definition) is 1. The van der Waals surface area contributed by atoms with Crippen molar-refractivity contribution in [2.75, 3.05) is 13.2 Å². The van der Waals surface area contributed by atoms with Crippen molar-refractivity contribution >= 4 is 17.2 Å². The van der Waals surface area contributed by atoms with E-state index in [4.69, 9.17) is 9.15 Å². The van der Waals surface area contributed by atoms with Crippen LogP contribution in [0.5, 0.6) is 0 Å². The molecule has 0 aromatic carbocycles. The maximum atomic E-state index is 12.3. The molecule has 1 unspecified atom stereocenters. The summed E-state index contributed by atoms with van der Waals surface area (Å²) in [4.78, 5) is 16.7. The molecule has 1 atom stereocenters. The van der Waals surface area contributed by atoms with Gasteiger partial charge in [0.15, 0.2) is 0 Å². The molecule has 2 aromatic heterocycles. The van der Waals surface area contributed by atoms with Gasteiger partial charge in [0.2, 0.25) is 5.91 Å². The summed E-state index contributed by atoms with van der Waals surface area (Å²) >= 11 is 1.59. The lowest BCUT2D eigenvalue weighted by Crippen LogP contribution is -2.32. The molecule has 2 heterocycles. The van der Waals surface area contributed by atoms with E-state index in [2.05, 4.69) is 31.1 Å². The Bertz CT molecular complexity index is 593. The van der Waals surface area contributed by atoms with Gasteiger partial charge in [-0.15, -0.1) is 11.3 Å². The molecule has 0 bridgehead atoms. The molecule has 2 rings (SSSR count). The zero-order valence-electron chi connectivity index (χ0n) is 13.9. The van der Waals surface area contributed by atoms with Gasteiger partial charge in [-0.2, -0.15) is 0 Å². The van der Waals surface area contributed by atoms with Crippen LogP contribution in [0.25, 0.3) is 0 Å². The fraction of sp³-hybridized carbons (Fsp3) is 0.529. The first-order valence-electron chi connectivity index (χ1n) is 7.92. The van der Waals surface area contributed by atoms with Crippen molar-refractivity contribution < 1.29 is 13.9 Å². The van der Waals surface area contributed by atoms with Gasteiger partial charge in [-0.25, -0.2) is 4.98 Å². The van der Waals surface area contributed by atoms with E-state index in [1.807, 2.05) is 17.5 Å². The minimum absolute atomic E-state index is 0.0764. The number of furan rings is 1. The fourth-order valence-electron chi connectivity index (χ4n) is 2.11. The number of thiazole rings is 1. The molecular formula is C17H24N2O3S. The van der Waals surface area contributed by atoms with Gasteiger partial charge in [0.25, 0.3) is 0 Å². The lowest BCUT2D eigenvalue weighted by atomic mass is 10.2. The van der Waals surface area contributed by atoms with Gasteiger partial charge >= 0.3 is 0 Å². The summed E-state index contributed by atoms with van der Waals surface area (Å²) in [5, 5.41) is 5.97. The molecule has 0 aliphatic rings. The minimum Gasteiger partial charge on any atom is -0.467 e. The summed E-state index contributed by atoms with van der Waals surface area (Å²) < 4.78 is 11.1. The summed E-state index contributed by atoms with van der Waals surface area (Å²) in [5.41, 5.74) is 0.811. The maximum Gasteiger partial charge on any atom is 0.226 e. The van der Waals surface area contributed by atoms with Crippen LogP contribution >= 0.6 is 11.3 Å². The summed E-state index contributed by atoms with van der Waals surface area (Å²) in [7, 11) is 0. The van der Waals surface area contributed by atoms with Crippen LogP contribution in [0.4, 0.5) is 0 Å². The molecule has 5 nitrogen and oxygen atoms in total. The highest BCUT2D eigenvalue weighted by atomic mass is 32.1. The summed E-state index contributed by atoms with van der Waals surface area (Å²) in [5.74, 6) is 1.08. The Morgan fingerprint density at radius 3 is 2.87 bits per heavy atom. The third-order valence-corrected chi connectivity index (χ3v) is 4.24. The Labute approximate surface area is 141 Å². The summed E-state index contributed by atoms with van der Waals surface area (Å²) in [6.45, 7) is 7.29. The highest BCUT2D eigenvalue weighted by Crippen LogP contribution is 2.16. The SMILES string of the molecule is CCc1nc(CC(=O)NC(COCC(C)C)c2ccco2)cs1. The second-order valence-electron chi connectivity index (χ2n) is 5.83. The normalized spacial score (nSPS) is 12.5. The van der Waals surface area contributed by atoms with Crippen LogP contribution in [0.15, 0.2) is 28.2 Å². The third-order valence-electron chi connectivity index (χ3n) is 3.20. The van der Waals surface area contributed by atoms with Crippen LogP contribution in [0.2, 0.25) is 0 Å². The van der Waals surface area contributed by atoms with Gasteiger partial charge in [0, 0.05) is 12.0 Å². The molecular weight excluding hydrogens is 312 g/mol. The minimum atomic E-state index is -0.277. The van der Waals surface area contributed by atoms with Crippen molar-refractivity contribution in [2.45, 2.75) is 39.7 Å². The molecule has 23 heavy (non-hydrogen) atoms. The molecule has 2 aromatic rings. The van der Waals surface area contributed by atoms with E-state index in [1.165, 1.54) is 0 Å². The highest BCUT2D eigenvalue weighted by Gasteiger charge is 2.18. The van der Waals surface area contributed by atoms with Crippen molar-refractivity contribution in [2.24, 2.45) is 5.92 Å². The molecule has 0 radical (unpaired) electrons. The van der Waals surface area contributed by atoms with E-state index in [-0.39, 0.29) is 18.4 Å². The third kappa shape index (κ3) is 5.80. The average molecular weight is 336 g/mol. The van der Waals surface area contributed by atoms with Crippen molar-refractivity contribution in [1.82, 2.24) is 10.3 Å². The number of nitrogens with zero attached hydrogens (tertiary/aromatic N) is 1. The second kappa shape index (κ2) is 8.84. The molecule has 126 valence electrons. The van der Waals surface area contributed by atoms with Crippen LogP contribution in [0, 0.1) is 5.92 Å². The first-order valence-corrected chi connectivity index (χ1v) is 8.80. The lowest BCUT2D eigenvalue weighted by Gasteiger charge is -2.17. The number of amides is 1. The zero-order chi connectivity index (χ0) is 16.7. The van der Waals surface area contributed by atoms with Gasteiger partial charge in [-0.1, -0.05) is 20.8 Å². The largest absolute Gasteiger partial charge is 0.467 e. The van der Waals surface area contributed by atoms with Crippen molar-refractivity contribution in [1.29, 1.82) is 0 Å². The number of aromatic nitrogens is 1. The van der Waals surface area contributed by atoms with Crippen molar-refractivity contribution in [3.63, 3.8) is 0 Å². The van der Waals surface area contributed by atoms with E-state index in [1.54, 1.807) is 17.6 Å². The lowest BCUT2D eigenvalue weighted by molar-refractivity contribution is -0.121. The Balaban J connectivity index is 1.92. The number of nitrogens with one attached hydrogen (secondary N) is 1. The molecule has 0 saturated carbocycles. The first-order chi connectivity index (χ1) is 11.1. The number of aryl methyl sites for hydroxylation is 1. The van der Waals surface area contributed by atoms with E-state index < -0.39 is 0 Å². The number of carbonyl (C=O) groups is 1. The fourth-order valence-corrected chi connectivity index (χ4v) is 2.85. The van der Waals surface area contributed by atoms with Crippen LogP contribution in [-0.4, -0.2) is 24.1 Å². The molecule has 0 aliphatic heterocycles. The maximum absolute atomic E-state index is 12.3. The van der Waals surface area contributed by atoms with Gasteiger partial charge in [0.1, 0.15) is 11.8 Å². The topological polar surface area (TPSA) is 64.4 Å². The molecule has 1 N–H and O–H groups in total. The van der Waals surface area contributed by atoms with Gasteiger partial charge in [0.05, 0.1) is 30.0 Å². The van der Waals surface area contributed by atoms with E-state index in [0.717, 1.165) is 17.1 Å². The molecule has 0 fully saturated rings. The predicted octanol–water partition coefficient (Wildman–Crippen LogP) is 3.37. The monoisotopic (exact) mass is 336 g/mol. The van der Waals surface area contributed by atoms with Crippen LogP contribution < -0.4 is 5.32 Å². The summed E-state index contributed by atoms with van der Waals surface area (Å²) in [6, 6.07) is 3.38. The highest BCUT2D eigenvalue weighted by molar-refractivity contribution is 7.09. The van der Waals surface area contributed by atoms with Crippen molar-refractivity contribution in [3.8, 4) is 0 Å². The van der Waals surface area contributed by atoms with E-state index in [0.29, 0.717) is 24.9 Å². The Morgan fingerprint density at radius 2 is 2.26 bits per heavy atom. The average Bonchev–Trinajstić information content (AvgIpc) is 3.17. The number of hydrogen-bond acceptors (Lipinski definition) is 5.